The minimum Gasteiger partial charge on any atom is -0.376 e. The van der Waals surface area contributed by atoms with Crippen LogP contribution >= 0.6 is 27.5 Å². The molecule has 0 bridgehead atoms. The summed E-state index contributed by atoms with van der Waals surface area (Å²) in [5.41, 5.74) is 1.14. The SMILES string of the molecule is CO[C@H](CBr)c1ccc(Cl)cc1. The van der Waals surface area contributed by atoms with Crippen LogP contribution in [0.1, 0.15) is 11.7 Å². The van der Waals surface area contributed by atoms with E-state index in [2.05, 4.69) is 15.9 Å². The predicted octanol–water partition coefficient (Wildman–Crippen LogP) is 3.42. The standard InChI is InChI=1S/C9H10BrClO/c1-12-9(6-10)7-2-4-8(11)5-3-7/h2-5,9H,6H2,1H3/t9-/m1/s1. The van der Waals surface area contributed by atoms with Gasteiger partial charge in [0.2, 0.25) is 0 Å². The van der Waals surface area contributed by atoms with E-state index in [4.69, 9.17) is 16.3 Å². The fourth-order valence-corrected chi connectivity index (χ4v) is 1.73. The maximum Gasteiger partial charge on any atom is 0.0917 e. The van der Waals surface area contributed by atoms with Crippen LogP contribution < -0.4 is 0 Å². The lowest BCUT2D eigenvalue weighted by Gasteiger charge is -2.11. The number of methoxy groups -OCH3 is 1. The Hall–Kier alpha value is -0.0500. The molecule has 12 heavy (non-hydrogen) atoms. The number of rotatable bonds is 3. The van der Waals surface area contributed by atoms with E-state index in [1.807, 2.05) is 24.3 Å². The van der Waals surface area contributed by atoms with Crippen molar-refractivity contribution < 1.29 is 4.74 Å². The van der Waals surface area contributed by atoms with Gasteiger partial charge in [-0.15, -0.1) is 0 Å². The average Bonchev–Trinajstić information content (AvgIpc) is 2.10. The molecule has 1 aromatic carbocycles. The Bertz CT molecular complexity index is 231. The van der Waals surface area contributed by atoms with E-state index in [1.54, 1.807) is 7.11 Å². The zero-order valence-electron chi connectivity index (χ0n) is 6.76. The van der Waals surface area contributed by atoms with Gasteiger partial charge in [-0.1, -0.05) is 39.7 Å². The quantitative estimate of drug-likeness (QED) is 0.746. The van der Waals surface area contributed by atoms with E-state index in [0.717, 1.165) is 15.9 Å². The third kappa shape index (κ3) is 2.47. The number of halogens is 2. The fraction of sp³-hybridized carbons (Fsp3) is 0.333. The minimum atomic E-state index is 0.113. The van der Waals surface area contributed by atoms with Crippen LogP contribution in [-0.4, -0.2) is 12.4 Å². The molecule has 0 spiro atoms. The number of hydrogen-bond acceptors (Lipinski definition) is 1. The fourth-order valence-electron chi connectivity index (χ4n) is 0.966. The lowest BCUT2D eigenvalue weighted by atomic mass is 10.1. The molecular formula is C9H10BrClO. The first kappa shape index (κ1) is 10.0. The molecule has 1 atom stereocenters. The van der Waals surface area contributed by atoms with Crippen molar-refractivity contribution >= 4 is 27.5 Å². The second kappa shape index (κ2) is 4.85. The molecule has 0 aliphatic rings. The van der Waals surface area contributed by atoms with E-state index in [9.17, 15) is 0 Å². The van der Waals surface area contributed by atoms with Gasteiger partial charge in [0.25, 0.3) is 0 Å². The Morgan fingerprint density at radius 2 is 2.00 bits per heavy atom. The van der Waals surface area contributed by atoms with Crippen LogP contribution in [-0.2, 0) is 4.74 Å². The lowest BCUT2D eigenvalue weighted by Crippen LogP contribution is -2.01. The van der Waals surface area contributed by atoms with E-state index in [0.29, 0.717) is 0 Å². The van der Waals surface area contributed by atoms with Crippen molar-refractivity contribution in [3.05, 3.63) is 34.9 Å². The van der Waals surface area contributed by atoms with Crippen LogP contribution in [0.5, 0.6) is 0 Å². The highest BCUT2D eigenvalue weighted by molar-refractivity contribution is 9.09. The summed E-state index contributed by atoms with van der Waals surface area (Å²) in [6.45, 7) is 0. The molecule has 0 amide bonds. The second-order valence-corrected chi connectivity index (χ2v) is 3.51. The van der Waals surface area contributed by atoms with Crippen molar-refractivity contribution in [2.45, 2.75) is 6.10 Å². The second-order valence-electron chi connectivity index (χ2n) is 2.43. The van der Waals surface area contributed by atoms with Crippen molar-refractivity contribution in [1.82, 2.24) is 0 Å². The maximum atomic E-state index is 5.75. The molecular weight excluding hydrogens is 239 g/mol. The molecule has 0 aliphatic carbocycles. The molecule has 0 aliphatic heterocycles. The van der Waals surface area contributed by atoms with Gasteiger partial charge in [-0.3, -0.25) is 0 Å². The highest BCUT2D eigenvalue weighted by Gasteiger charge is 2.07. The topological polar surface area (TPSA) is 9.23 Å². The molecule has 0 fully saturated rings. The third-order valence-corrected chi connectivity index (χ3v) is 2.51. The molecule has 1 rings (SSSR count). The molecule has 0 saturated carbocycles. The third-order valence-electron chi connectivity index (χ3n) is 1.67. The van der Waals surface area contributed by atoms with Crippen molar-refractivity contribution in [2.24, 2.45) is 0 Å². The van der Waals surface area contributed by atoms with Crippen LogP contribution in [0.15, 0.2) is 24.3 Å². The average molecular weight is 250 g/mol. The van der Waals surface area contributed by atoms with Crippen LogP contribution in [0.3, 0.4) is 0 Å². The Morgan fingerprint density at radius 1 is 1.42 bits per heavy atom. The molecule has 0 unspecified atom stereocenters. The molecule has 1 aromatic rings. The molecule has 0 saturated heterocycles. The van der Waals surface area contributed by atoms with Crippen molar-refractivity contribution in [3.8, 4) is 0 Å². The van der Waals surface area contributed by atoms with Gasteiger partial charge in [-0.05, 0) is 17.7 Å². The Labute approximate surface area is 85.8 Å². The van der Waals surface area contributed by atoms with Crippen molar-refractivity contribution in [1.29, 1.82) is 0 Å². The Balaban J connectivity index is 2.80. The van der Waals surface area contributed by atoms with Gasteiger partial charge in [0.1, 0.15) is 0 Å². The molecule has 0 aromatic heterocycles. The van der Waals surface area contributed by atoms with Crippen LogP contribution in [0.25, 0.3) is 0 Å². The summed E-state index contributed by atoms with van der Waals surface area (Å²) in [6, 6.07) is 7.67. The van der Waals surface area contributed by atoms with Gasteiger partial charge in [-0.2, -0.15) is 0 Å². The predicted molar refractivity (Wildman–Crippen MR) is 55.0 cm³/mol. The summed E-state index contributed by atoms with van der Waals surface area (Å²) in [6.07, 6.45) is 0.113. The van der Waals surface area contributed by atoms with E-state index in [1.165, 1.54) is 0 Å². The molecule has 0 radical (unpaired) electrons. The first-order chi connectivity index (χ1) is 5.77. The highest BCUT2D eigenvalue weighted by atomic mass is 79.9. The lowest BCUT2D eigenvalue weighted by molar-refractivity contribution is 0.124. The summed E-state index contributed by atoms with van der Waals surface area (Å²) in [5.74, 6) is 0. The van der Waals surface area contributed by atoms with Crippen LogP contribution in [0.4, 0.5) is 0 Å². The van der Waals surface area contributed by atoms with Crippen LogP contribution in [0, 0.1) is 0 Å². The first-order valence-electron chi connectivity index (χ1n) is 3.62. The summed E-state index contributed by atoms with van der Waals surface area (Å²) in [7, 11) is 1.69. The van der Waals surface area contributed by atoms with E-state index < -0.39 is 0 Å². The van der Waals surface area contributed by atoms with E-state index >= 15 is 0 Å². The number of benzene rings is 1. The summed E-state index contributed by atoms with van der Waals surface area (Å²) >= 11 is 9.12. The number of alkyl halides is 1. The summed E-state index contributed by atoms with van der Waals surface area (Å²) in [4.78, 5) is 0. The van der Waals surface area contributed by atoms with Crippen LogP contribution in [0.2, 0.25) is 5.02 Å². The number of ether oxygens (including phenoxy) is 1. The minimum absolute atomic E-state index is 0.113. The Morgan fingerprint density at radius 3 is 2.42 bits per heavy atom. The largest absolute Gasteiger partial charge is 0.376 e. The zero-order chi connectivity index (χ0) is 8.97. The first-order valence-corrected chi connectivity index (χ1v) is 5.12. The summed E-state index contributed by atoms with van der Waals surface area (Å²) < 4.78 is 5.24. The molecule has 0 N–H and O–H groups in total. The highest BCUT2D eigenvalue weighted by Crippen LogP contribution is 2.20. The van der Waals surface area contributed by atoms with Gasteiger partial charge in [0.15, 0.2) is 0 Å². The number of hydrogen-bond donors (Lipinski definition) is 0. The van der Waals surface area contributed by atoms with E-state index in [-0.39, 0.29) is 6.10 Å². The Kier molecular flexibility index (Phi) is 4.06. The summed E-state index contributed by atoms with van der Waals surface area (Å²) in [5, 5.41) is 1.55. The molecule has 3 heteroatoms. The van der Waals surface area contributed by atoms with Gasteiger partial charge in [0, 0.05) is 17.5 Å². The molecule has 1 nitrogen and oxygen atoms in total. The molecule has 0 heterocycles. The normalized spacial score (nSPS) is 12.9. The van der Waals surface area contributed by atoms with Gasteiger partial charge >= 0.3 is 0 Å². The van der Waals surface area contributed by atoms with Gasteiger partial charge in [-0.25, -0.2) is 0 Å². The molecule has 66 valence electrons. The maximum absolute atomic E-state index is 5.75. The van der Waals surface area contributed by atoms with Crippen molar-refractivity contribution in [3.63, 3.8) is 0 Å². The smallest absolute Gasteiger partial charge is 0.0917 e. The van der Waals surface area contributed by atoms with Gasteiger partial charge < -0.3 is 4.74 Å². The van der Waals surface area contributed by atoms with Gasteiger partial charge in [0.05, 0.1) is 6.10 Å². The van der Waals surface area contributed by atoms with Crippen molar-refractivity contribution in [2.75, 3.05) is 12.4 Å². The monoisotopic (exact) mass is 248 g/mol. The zero-order valence-corrected chi connectivity index (χ0v) is 9.10.